The molecule has 0 radical (unpaired) electrons. The van der Waals surface area contributed by atoms with Crippen LogP contribution in [0, 0.1) is 12.8 Å². The van der Waals surface area contributed by atoms with E-state index in [0.717, 1.165) is 25.9 Å². The number of rotatable bonds is 4. The molecule has 0 spiro atoms. The molecule has 0 saturated carbocycles. The Morgan fingerprint density at radius 3 is 3.05 bits per heavy atom. The number of aryl methyl sites for hydroxylation is 1. The summed E-state index contributed by atoms with van der Waals surface area (Å²) < 4.78 is 4.96. The van der Waals surface area contributed by atoms with Gasteiger partial charge in [-0.05, 0) is 32.6 Å². The van der Waals surface area contributed by atoms with Gasteiger partial charge in [-0.2, -0.15) is 0 Å². The minimum atomic E-state index is -0.386. The van der Waals surface area contributed by atoms with E-state index in [2.05, 4.69) is 14.9 Å². The van der Waals surface area contributed by atoms with Gasteiger partial charge < -0.3 is 14.7 Å². The Kier molecular flexibility index (Phi) is 4.89. The number of aromatic nitrogens is 2. The lowest BCUT2D eigenvalue weighted by Crippen LogP contribution is -2.38. The van der Waals surface area contributed by atoms with Crippen molar-refractivity contribution in [2.24, 2.45) is 5.92 Å². The van der Waals surface area contributed by atoms with Crippen molar-refractivity contribution in [3.8, 4) is 0 Å². The van der Waals surface area contributed by atoms with Crippen molar-refractivity contribution in [2.75, 3.05) is 31.2 Å². The van der Waals surface area contributed by atoms with Crippen molar-refractivity contribution in [1.29, 1.82) is 0 Å². The van der Waals surface area contributed by atoms with E-state index < -0.39 is 0 Å². The zero-order valence-corrected chi connectivity index (χ0v) is 12.0. The normalized spacial score (nSPS) is 18.9. The standard InChI is InChI=1S/C14H21N3O3/c1-3-20-13(19)12-7-15-14(16-10(12)2)17-6-4-5-11(8-17)9-18/h7,11,18H,3-6,8-9H2,1-2H3. The molecule has 1 aromatic rings. The molecule has 1 atom stereocenters. The highest BCUT2D eigenvalue weighted by Crippen LogP contribution is 2.20. The van der Waals surface area contributed by atoms with Crippen molar-refractivity contribution >= 4 is 11.9 Å². The first-order valence-electron chi connectivity index (χ1n) is 7.02. The molecule has 2 heterocycles. The molecule has 20 heavy (non-hydrogen) atoms. The Hall–Kier alpha value is -1.69. The fourth-order valence-electron chi connectivity index (χ4n) is 2.41. The predicted molar refractivity (Wildman–Crippen MR) is 74.7 cm³/mol. The molecule has 0 bridgehead atoms. The summed E-state index contributed by atoms with van der Waals surface area (Å²) in [6.07, 6.45) is 3.58. The van der Waals surface area contributed by atoms with Gasteiger partial charge in [-0.1, -0.05) is 0 Å². The summed E-state index contributed by atoms with van der Waals surface area (Å²) >= 11 is 0. The summed E-state index contributed by atoms with van der Waals surface area (Å²) in [6.45, 7) is 5.72. The van der Waals surface area contributed by atoms with Crippen LogP contribution in [0.4, 0.5) is 5.95 Å². The Morgan fingerprint density at radius 1 is 1.60 bits per heavy atom. The largest absolute Gasteiger partial charge is 0.462 e. The summed E-state index contributed by atoms with van der Waals surface area (Å²) in [4.78, 5) is 22.4. The van der Waals surface area contributed by atoms with E-state index >= 15 is 0 Å². The molecule has 1 fully saturated rings. The summed E-state index contributed by atoms with van der Waals surface area (Å²) in [6, 6.07) is 0. The quantitative estimate of drug-likeness (QED) is 0.834. The van der Waals surface area contributed by atoms with E-state index in [4.69, 9.17) is 4.74 Å². The average Bonchev–Trinajstić information content (AvgIpc) is 2.47. The third-order valence-electron chi connectivity index (χ3n) is 3.52. The molecular weight excluding hydrogens is 258 g/mol. The first-order chi connectivity index (χ1) is 9.65. The minimum Gasteiger partial charge on any atom is -0.462 e. The second kappa shape index (κ2) is 6.65. The molecular formula is C14H21N3O3. The third kappa shape index (κ3) is 3.25. The van der Waals surface area contributed by atoms with Gasteiger partial charge in [-0.3, -0.25) is 0 Å². The van der Waals surface area contributed by atoms with Gasteiger partial charge in [-0.15, -0.1) is 0 Å². The van der Waals surface area contributed by atoms with Crippen LogP contribution in [0.25, 0.3) is 0 Å². The topological polar surface area (TPSA) is 75.5 Å². The predicted octanol–water partition coefficient (Wildman–Crippen LogP) is 1.17. The second-order valence-electron chi connectivity index (χ2n) is 5.03. The third-order valence-corrected chi connectivity index (χ3v) is 3.52. The van der Waals surface area contributed by atoms with Crippen LogP contribution in [-0.4, -0.2) is 47.3 Å². The molecule has 0 amide bonds. The second-order valence-corrected chi connectivity index (χ2v) is 5.03. The number of carbonyl (C=O) groups excluding carboxylic acids is 1. The Balaban J connectivity index is 2.14. The highest BCUT2D eigenvalue weighted by Gasteiger charge is 2.22. The van der Waals surface area contributed by atoms with Gasteiger partial charge in [-0.25, -0.2) is 14.8 Å². The van der Waals surface area contributed by atoms with E-state index in [1.807, 2.05) is 0 Å². The zero-order chi connectivity index (χ0) is 14.5. The number of nitrogens with zero attached hydrogens (tertiary/aromatic N) is 3. The smallest absolute Gasteiger partial charge is 0.341 e. The van der Waals surface area contributed by atoms with Crippen LogP contribution >= 0.6 is 0 Å². The van der Waals surface area contributed by atoms with Crippen molar-refractivity contribution in [3.63, 3.8) is 0 Å². The van der Waals surface area contributed by atoms with Gasteiger partial charge >= 0.3 is 5.97 Å². The van der Waals surface area contributed by atoms with E-state index in [1.54, 1.807) is 13.8 Å². The molecule has 1 aliphatic rings. The zero-order valence-electron chi connectivity index (χ0n) is 12.0. The Morgan fingerprint density at radius 2 is 2.40 bits per heavy atom. The maximum Gasteiger partial charge on any atom is 0.341 e. The van der Waals surface area contributed by atoms with Crippen LogP contribution in [0.15, 0.2) is 6.20 Å². The number of carbonyl (C=O) groups is 1. The van der Waals surface area contributed by atoms with E-state index in [0.29, 0.717) is 23.8 Å². The number of anilines is 1. The molecule has 1 unspecified atom stereocenters. The van der Waals surface area contributed by atoms with E-state index in [9.17, 15) is 9.90 Å². The molecule has 1 N–H and O–H groups in total. The van der Waals surface area contributed by atoms with Crippen molar-refractivity contribution in [3.05, 3.63) is 17.5 Å². The van der Waals surface area contributed by atoms with Crippen molar-refractivity contribution in [1.82, 2.24) is 9.97 Å². The highest BCUT2D eigenvalue weighted by molar-refractivity contribution is 5.90. The monoisotopic (exact) mass is 279 g/mol. The van der Waals surface area contributed by atoms with E-state index in [1.165, 1.54) is 6.20 Å². The first-order valence-corrected chi connectivity index (χ1v) is 7.02. The van der Waals surface area contributed by atoms with E-state index in [-0.39, 0.29) is 18.5 Å². The fourth-order valence-corrected chi connectivity index (χ4v) is 2.41. The molecule has 1 saturated heterocycles. The minimum absolute atomic E-state index is 0.191. The number of aliphatic hydroxyl groups is 1. The summed E-state index contributed by atoms with van der Waals surface area (Å²) in [7, 11) is 0. The summed E-state index contributed by atoms with van der Waals surface area (Å²) in [5, 5.41) is 9.26. The van der Waals surface area contributed by atoms with Crippen LogP contribution in [0.1, 0.15) is 35.8 Å². The number of hydrogen-bond donors (Lipinski definition) is 1. The summed E-state index contributed by atoms with van der Waals surface area (Å²) in [5.74, 6) is 0.509. The number of esters is 1. The van der Waals surface area contributed by atoms with Gasteiger partial charge in [0.25, 0.3) is 0 Å². The molecule has 1 aromatic heterocycles. The van der Waals surface area contributed by atoms with Crippen LogP contribution in [0.5, 0.6) is 0 Å². The van der Waals surface area contributed by atoms with Gasteiger partial charge in [0.05, 0.1) is 17.9 Å². The SMILES string of the molecule is CCOC(=O)c1cnc(N2CCCC(CO)C2)nc1C. The number of aliphatic hydroxyl groups excluding tert-OH is 1. The Labute approximate surface area is 118 Å². The van der Waals surface area contributed by atoms with Crippen LogP contribution < -0.4 is 4.90 Å². The molecule has 0 aliphatic carbocycles. The van der Waals surface area contributed by atoms with Gasteiger partial charge in [0.2, 0.25) is 5.95 Å². The Bertz CT molecular complexity index is 479. The van der Waals surface area contributed by atoms with Crippen LogP contribution in [-0.2, 0) is 4.74 Å². The first kappa shape index (κ1) is 14.7. The average molecular weight is 279 g/mol. The molecule has 6 heteroatoms. The van der Waals surface area contributed by atoms with Gasteiger partial charge in [0.1, 0.15) is 0 Å². The molecule has 0 aromatic carbocycles. The fraction of sp³-hybridized carbons (Fsp3) is 0.643. The van der Waals surface area contributed by atoms with Crippen LogP contribution in [0.3, 0.4) is 0 Å². The number of ether oxygens (including phenoxy) is 1. The lowest BCUT2D eigenvalue weighted by Gasteiger charge is -2.31. The van der Waals surface area contributed by atoms with Crippen molar-refractivity contribution in [2.45, 2.75) is 26.7 Å². The maximum absolute atomic E-state index is 11.7. The molecule has 2 rings (SSSR count). The van der Waals surface area contributed by atoms with Gasteiger partial charge in [0, 0.05) is 25.9 Å². The lowest BCUT2D eigenvalue weighted by molar-refractivity contribution is 0.0524. The summed E-state index contributed by atoms with van der Waals surface area (Å²) in [5.41, 5.74) is 1.03. The highest BCUT2D eigenvalue weighted by atomic mass is 16.5. The van der Waals surface area contributed by atoms with Crippen molar-refractivity contribution < 1.29 is 14.6 Å². The lowest BCUT2D eigenvalue weighted by atomic mass is 9.99. The van der Waals surface area contributed by atoms with Gasteiger partial charge in [0.15, 0.2) is 0 Å². The maximum atomic E-state index is 11.7. The number of piperidine rings is 1. The molecule has 6 nitrogen and oxygen atoms in total. The molecule has 110 valence electrons. The number of hydrogen-bond acceptors (Lipinski definition) is 6. The van der Waals surface area contributed by atoms with Crippen LogP contribution in [0.2, 0.25) is 0 Å². The molecule has 1 aliphatic heterocycles.